The molecule has 1 saturated heterocycles. The van der Waals surface area contributed by atoms with Crippen LogP contribution in [0.5, 0.6) is 0 Å². The van der Waals surface area contributed by atoms with Crippen LogP contribution in [0.1, 0.15) is 34.8 Å². The first-order chi connectivity index (χ1) is 14.4. The van der Waals surface area contributed by atoms with Gasteiger partial charge < -0.3 is 10.6 Å². The van der Waals surface area contributed by atoms with E-state index in [4.69, 9.17) is 4.98 Å². The average Bonchev–Trinajstić information content (AvgIpc) is 3.17. The standard InChI is InChI=1S/C21H25N5O3S/c1-30(28,29)11-10-23-21(27)16-7-8-20-17(13-24-26(20)14-16)19-6-2-5-18(25-19)15-4-3-9-22-12-15/h2,5-8,13-15,22H,3-4,9-12H2,1H3,(H,23,27). The summed E-state index contributed by atoms with van der Waals surface area (Å²) < 4.78 is 24.1. The lowest BCUT2D eigenvalue weighted by molar-refractivity contribution is 0.0955. The quantitative estimate of drug-likeness (QED) is 0.620. The van der Waals surface area contributed by atoms with Gasteiger partial charge in [-0.1, -0.05) is 6.07 Å². The van der Waals surface area contributed by atoms with Crippen molar-refractivity contribution in [3.8, 4) is 11.3 Å². The van der Waals surface area contributed by atoms with Crippen LogP contribution in [0.2, 0.25) is 0 Å². The van der Waals surface area contributed by atoms with Gasteiger partial charge in [0.2, 0.25) is 0 Å². The number of amides is 1. The number of nitrogens with zero attached hydrogens (tertiary/aromatic N) is 3. The molecule has 1 fully saturated rings. The number of sulfone groups is 1. The SMILES string of the molecule is CS(=O)(=O)CCNC(=O)c1ccc2c(-c3cccc(C4CCCNC4)n3)cnn2c1. The summed E-state index contributed by atoms with van der Waals surface area (Å²) in [7, 11) is -3.12. The number of carbonyl (C=O) groups excluding carboxylic acids is 1. The molecule has 1 aliphatic rings. The Labute approximate surface area is 175 Å². The summed E-state index contributed by atoms with van der Waals surface area (Å²) in [6.07, 6.45) is 6.83. The molecule has 0 aromatic carbocycles. The fourth-order valence-corrected chi connectivity index (χ4v) is 4.17. The molecule has 0 spiro atoms. The Kier molecular flexibility index (Phi) is 5.83. The highest BCUT2D eigenvalue weighted by Crippen LogP contribution is 2.27. The summed E-state index contributed by atoms with van der Waals surface area (Å²) in [5.74, 6) is -0.00360. The van der Waals surface area contributed by atoms with Gasteiger partial charge in [0.1, 0.15) is 9.84 Å². The van der Waals surface area contributed by atoms with Crippen LogP contribution < -0.4 is 10.6 Å². The van der Waals surface area contributed by atoms with Crippen LogP contribution in [0.15, 0.2) is 42.7 Å². The molecule has 3 aromatic rings. The lowest BCUT2D eigenvalue weighted by Crippen LogP contribution is -2.29. The van der Waals surface area contributed by atoms with Crippen LogP contribution in [0, 0.1) is 0 Å². The maximum absolute atomic E-state index is 12.3. The van der Waals surface area contributed by atoms with Crippen LogP contribution in [-0.2, 0) is 9.84 Å². The van der Waals surface area contributed by atoms with Crippen LogP contribution in [0.25, 0.3) is 16.8 Å². The Hall–Kier alpha value is -2.78. The molecule has 30 heavy (non-hydrogen) atoms. The van der Waals surface area contributed by atoms with E-state index in [0.29, 0.717) is 11.5 Å². The predicted molar refractivity (Wildman–Crippen MR) is 115 cm³/mol. The van der Waals surface area contributed by atoms with Gasteiger partial charge in [-0.15, -0.1) is 0 Å². The van der Waals surface area contributed by atoms with Gasteiger partial charge in [0.15, 0.2) is 0 Å². The van der Waals surface area contributed by atoms with E-state index in [2.05, 4.69) is 21.8 Å². The van der Waals surface area contributed by atoms with Crippen molar-refractivity contribution < 1.29 is 13.2 Å². The third kappa shape index (κ3) is 4.68. The topological polar surface area (TPSA) is 105 Å². The van der Waals surface area contributed by atoms with Crippen molar-refractivity contribution in [2.75, 3.05) is 31.6 Å². The summed E-state index contributed by atoms with van der Waals surface area (Å²) in [5.41, 5.74) is 4.12. The molecule has 9 heteroatoms. The van der Waals surface area contributed by atoms with Gasteiger partial charge in [0.05, 0.1) is 28.7 Å². The van der Waals surface area contributed by atoms with Gasteiger partial charge in [-0.3, -0.25) is 9.78 Å². The summed E-state index contributed by atoms with van der Waals surface area (Å²) in [4.78, 5) is 17.2. The van der Waals surface area contributed by atoms with Crippen molar-refractivity contribution >= 4 is 21.3 Å². The van der Waals surface area contributed by atoms with Crippen LogP contribution >= 0.6 is 0 Å². The molecule has 1 amide bonds. The largest absolute Gasteiger partial charge is 0.351 e. The molecule has 4 rings (SSSR count). The second-order valence-electron chi connectivity index (χ2n) is 7.68. The number of piperidine rings is 1. The number of carbonyl (C=O) groups is 1. The first kappa shape index (κ1) is 20.5. The third-order valence-corrected chi connectivity index (χ3v) is 6.24. The van der Waals surface area contributed by atoms with E-state index in [-0.39, 0.29) is 18.2 Å². The van der Waals surface area contributed by atoms with Gasteiger partial charge in [-0.2, -0.15) is 5.10 Å². The van der Waals surface area contributed by atoms with Gasteiger partial charge in [0, 0.05) is 42.7 Å². The highest BCUT2D eigenvalue weighted by atomic mass is 32.2. The van der Waals surface area contributed by atoms with Crippen molar-refractivity contribution in [2.45, 2.75) is 18.8 Å². The zero-order chi connectivity index (χ0) is 21.1. The average molecular weight is 428 g/mol. The zero-order valence-corrected chi connectivity index (χ0v) is 17.7. The molecule has 0 aliphatic carbocycles. The Morgan fingerprint density at radius 2 is 2.17 bits per heavy atom. The van der Waals surface area contributed by atoms with E-state index in [9.17, 15) is 13.2 Å². The van der Waals surface area contributed by atoms with Crippen molar-refractivity contribution in [3.63, 3.8) is 0 Å². The van der Waals surface area contributed by atoms with Gasteiger partial charge in [-0.25, -0.2) is 12.9 Å². The van der Waals surface area contributed by atoms with E-state index in [1.807, 2.05) is 18.2 Å². The molecule has 4 heterocycles. The molecular formula is C21H25N5O3S. The molecule has 8 nitrogen and oxygen atoms in total. The van der Waals surface area contributed by atoms with Crippen molar-refractivity contribution in [1.82, 2.24) is 25.2 Å². The lowest BCUT2D eigenvalue weighted by atomic mass is 9.95. The third-order valence-electron chi connectivity index (χ3n) is 5.30. The van der Waals surface area contributed by atoms with Crippen molar-refractivity contribution in [3.05, 3.63) is 54.0 Å². The summed E-state index contributed by atoms with van der Waals surface area (Å²) in [5, 5.41) is 10.4. The lowest BCUT2D eigenvalue weighted by Gasteiger charge is -2.22. The minimum atomic E-state index is -3.12. The van der Waals surface area contributed by atoms with Crippen LogP contribution in [0.4, 0.5) is 0 Å². The van der Waals surface area contributed by atoms with Crippen LogP contribution in [-0.4, -0.2) is 60.6 Å². The fraction of sp³-hybridized carbons (Fsp3) is 0.381. The predicted octanol–water partition coefficient (Wildman–Crippen LogP) is 1.64. The molecule has 0 saturated carbocycles. The minimum absolute atomic E-state index is 0.0762. The maximum atomic E-state index is 12.3. The number of aromatic nitrogens is 3. The molecule has 1 unspecified atom stereocenters. The normalized spacial score (nSPS) is 17.2. The fourth-order valence-electron chi connectivity index (χ4n) is 3.70. The van der Waals surface area contributed by atoms with Crippen LogP contribution in [0.3, 0.4) is 0 Å². The Morgan fingerprint density at radius 1 is 1.30 bits per heavy atom. The minimum Gasteiger partial charge on any atom is -0.351 e. The number of rotatable bonds is 6. The van der Waals surface area contributed by atoms with Crippen molar-refractivity contribution in [2.24, 2.45) is 0 Å². The van der Waals surface area contributed by atoms with Gasteiger partial charge in [0.25, 0.3) is 5.91 Å². The number of hydrogen-bond acceptors (Lipinski definition) is 6. The Bertz CT molecular complexity index is 1170. The van der Waals surface area contributed by atoms with Gasteiger partial charge >= 0.3 is 0 Å². The summed E-state index contributed by atoms with van der Waals surface area (Å²) in [6.45, 7) is 2.09. The first-order valence-corrected chi connectivity index (χ1v) is 12.1. The van der Waals surface area contributed by atoms with E-state index < -0.39 is 9.84 Å². The van der Waals surface area contributed by atoms with Crippen molar-refractivity contribution in [1.29, 1.82) is 0 Å². The number of fused-ring (bicyclic) bond motifs is 1. The molecule has 3 aromatic heterocycles. The Morgan fingerprint density at radius 3 is 2.93 bits per heavy atom. The second-order valence-corrected chi connectivity index (χ2v) is 9.94. The highest BCUT2D eigenvalue weighted by Gasteiger charge is 2.18. The summed E-state index contributed by atoms with van der Waals surface area (Å²) in [6, 6.07) is 9.63. The molecule has 0 bridgehead atoms. The Balaban J connectivity index is 1.55. The second kappa shape index (κ2) is 8.53. The first-order valence-electron chi connectivity index (χ1n) is 10.0. The number of nitrogens with one attached hydrogen (secondary N) is 2. The molecule has 0 radical (unpaired) electrons. The number of pyridine rings is 2. The summed E-state index contributed by atoms with van der Waals surface area (Å²) >= 11 is 0. The molecule has 1 aliphatic heterocycles. The van der Waals surface area contributed by atoms with E-state index in [1.165, 1.54) is 0 Å². The molecule has 158 valence electrons. The molecule has 2 N–H and O–H groups in total. The highest BCUT2D eigenvalue weighted by molar-refractivity contribution is 7.90. The maximum Gasteiger partial charge on any atom is 0.252 e. The number of hydrogen-bond donors (Lipinski definition) is 2. The van der Waals surface area contributed by atoms with E-state index >= 15 is 0 Å². The van der Waals surface area contributed by atoms with E-state index in [1.54, 1.807) is 23.0 Å². The monoisotopic (exact) mass is 427 g/mol. The smallest absolute Gasteiger partial charge is 0.252 e. The van der Waals surface area contributed by atoms with Gasteiger partial charge in [-0.05, 0) is 43.7 Å². The van der Waals surface area contributed by atoms with E-state index in [0.717, 1.165) is 54.7 Å². The molecule has 1 atom stereocenters. The molecular weight excluding hydrogens is 402 g/mol. The zero-order valence-electron chi connectivity index (χ0n) is 16.8.